The highest BCUT2D eigenvalue weighted by Crippen LogP contribution is 2.36. The van der Waals surface area contributed by atoms with Gasteiger partial charge >= 0.3 is 0 Å². The minimum absolute atomic E-state index is 0.162. The number of primary amides is 1. The summed E-state index contributed by atoms with van der Waals surface area (Å²) in [6.07, 6.45) is 0.725. The van der Waals surface area contributed by atoms with Gasteiger partial charge in [0.05, 0.1) is 12.1 Å². The molecular weight excluding hydrogens is 356 g/mol. The van der Waals surface area contributed by atoms with Crippen molar-refractivity contribution in [1.82, 2.24) is 5.32 Å². The Kier molecular flexibility index (Phi) is 6.86. The molecule has 7 heteroatoms. The number of hydrogen-bond donors (Lipinski definition) is 2. The first kappa shape index (κ1) is 19.6. The molecule has 0 saturated carbocycles. The molecule has 0 heterocycles. The van der Waals surface area contributed by atoms with Gasteiger partial charge in [-0.1, -0.05) is 35.9 Å². The normalized spacial score (nSPS) is 10.3. The zero-order valence-electron chi connectivity index (χ0n) is 14.7. The minimum Gasteiger partial charge on any atom is -0.493 e. The first-order valence-corrected chi connectivity index (χ1v) is 8.41. The fourth-order valence-electron chi connectivity index (χ4n) is 2.44. The number of aryl methyl sites for hydroxylation is 1. The molecule has 0 atom stereocenters. The van der Waals surface area contributed by atoms with Crippen LogP contribution in [0.5, 0.6) is 11.5 Å². The van der Waals surface area contributed by atoms with Gasteiger partial charge in [0, 0.05) is 12.1 Å². The molecule has 0 aliphatic carbocycles. The van der Waals surface area contributed by atoms with Crippen molar-refractivity contribution in [3.63, 3.8) is 0 Å². The average molecular weight is 377 g/mol. The number of benzene rings is 2. The molecule has 0 radical (unpaired) electrons. The summed E-state index contributed by atoms with van der Waals surface area (Å²) in [6.45, 7) is 2.19. The second-order valence-electron chi connectivity index (χ2n) is 5.68. The molecule has 26 heavy (non-hydrogen) atoms. The van der Waals surface area contributed by atoms with E-state index in [1.165, 1.54) is 30.4 Å². The third-order valence-electron chi connectivity index (χ3n) is 3.79. The largest absolute Gasteiger partial charge is 0.493 e. The summed E-state index contributed by atoms with van der Waals surface area (Å²) in [5, 5.41) is 3.02. The fourth-order valence-corrected chi connectivity index (χ4v) is 2.70. The number of rotatable bonds is 8. The van der Waals surface area contributed by atoms with Crippen LogP contribution in [0.2, 0.25) is 5.02 Å². The molecule has 0 unspecified atom stereocenters. The third-order valence-corrected chi connectivity index (χ3v) is 4.07. The highest BCUT2D eigenvalue weighted by Gasteiger charge is 2.16. The van der Waals surface area contributed by atoms with Crippen molar-refractivity contribution in [3.8, 4) is 11.5 Å². The van der Waals surface area contributed by atoms with Gasteiger partial charge in [0.25, 0.3) is 11.8 Å². The van der Waals surface area contributed by atoms with Gasteiger partial charge in [0.2, 0.25) is 0 Å². The minimum atomic E-state index is -0.638. The van der Waals surface area contributed by atoms with Crippen LogP contribution in [0.1, 0.15) is 21.5 Å². The van der Waals surface area contributed by atoms with E-state index in [4.69, 9.17) is 26.8 Å². The van der Waals surface area contributed by atoms with Gasteiger partial charge in [0.15, 0.2) is 18.1 Å². The number of ether oxygens (including phenoxy) is 2. The molecule has 0 aliphatic heterocycles. The van der Waals surface area contributed by atoms with Crippen molar-refractivity contribution in [2.24, 2.45) is 5.73 Å². The Labute approximate surface area is 157 Å². The Bertz CT molecular complexity index is 808. The maximum absolute atomic E-state index is 12.4. The number of halogens is 1. The summed E-state index contributed by atoms with van der Waals surface area (Å²) in [7, 11) is 1.42. The maximum Gasteiger partial charge on any atom is 0.255 e. The van der Waals surface area contributed by atoms with Crippen LogP contribution >= 0.6 is 11.6 Å². The van der Waals surface area contributed by atoms with Crippen LogP contribution in [0.25, 0.3) is 0 Å². The molecule has 0 bridgehead atoms. The monoisotopic (exact) mass is 376 g/mol. The SMILES string of the molecule is COc1cc(C(=O)NCCc2ccccc2C)cc(Cl)c1OCC(N)=O. The van der Waals surface area contributed by atoms with E-state index >= 15 is 0 Å². The number of methoxy groups -OCH3 is 1. The zero-order valence-corrected chi connectivity index (χ0v) is 15.4. The summed E-state index contributed by atoms with van der Waals surface area (Å²) in [6, 6.07) is 11.0. The molecule has 2 aromatic rings. The second-order valence-corrected chi connectivity index (χ2v) is 6.08. The summed E-state index contributed by atoms with van der Waals surface area (Å²) >= 11 is 6.15. The van der Waals surface area contributed by atoms with Gasteiger partial charge in [-0.25, -0.2) is 0 Å². The van der Waals surface area contributed by atoms with E-state index in [2.05, 4.69) is 5.32 Å². The molecule has 2 amide bonds. The van der Waals surface area contributed by atoms with Crippen LogP contribution in [0.4, 0.5) is 0 Å². The highest BCUT2D eigenvalue weighted by atomic mass is 35.5. The van der Waals surface area contributed by atoms with E-state index in [9.17, 15) is 9.59 Å². The van der Waals surface area contributed by atoms with Gasteiger partial charge in [0.1, 0.15) is 0 Å². The van der Waals surface area contributed by atoms with Gasteiger partial charge in [-0.2, -0.15) is 0 Å². The maximum atomic E-state index is 12.4. The number of amides is 2. The number of carbonyl (C=O) groups is 2. The Morgan fingerprint density at radius 1 is 1.23 bits per heavy atom. The van der Waals surface area contributed by atoms with Crippen LogP contribution in [-0.2, 0) is 11.2 Å². The van der Waals surface area contributed by atoms with E-state index in [-0.39, 0.29) is 29.0 Å². The molecule has 0 aromatic heterocycles. The quantitative estimate of drug-likeness (QED) is 0.740. The van der Waals surface area contributed by atoms with Crippen LogP contribution in [0.3, 0.4) is 0 Å². The van der Waals surface area contributed by atoms with Crippen molar-refractivity contribution >= 4 is 23.4 Å². The lowest BCUT2D eigenvalue weighted by Gasteiger charge is -2.13. The van der Waals surface area contributed by atoms with Gasteiger partial charge in [-0.3, -0.25) is 9.59 Å². The molecule has 2 rings (SSSR count). The Morgan fingerprint density at radius 3 is 2.62 bits per heavy atom. The fraction of sp³-hybridized carbons (Fsp3) is 0.263. The standard InChI is InChI=1S/C19H21ClN2O4/c1-12-5-3-4-6-13(12)7-8-22-19(24)14-9-15(20)18(16(10-14)25-2)26-11-17(21)23/h3-6,9-10H,7-8,11H2,1-2H3,(H2,21,23)(H,22,24). The zero-order chi connectivity index (χ0) is 19.1. The predicted molar refractivity (Wildman–Crippen MR) is 99.9 cm³/mol. The third kappa shape index (κ3) is 5.13. The summed E-state index contributed by atoms with van der Waals surface area (Å²) in [5.74, 6) is -0.492. The molecule has 0 spiro atoms. The predicted octanol–water partition coefficient (Wildman–Crippen LogP) is 2.49. The van der Waals surface area contributed by atoms with Crippen LogP contribution in [-0.4, -0.2) is 32.1 Å². The van der Waals surface area contributed by atoms with E-state index in [0.29, 0.717) is 12.1 Å². The van der Waals surface area contributed by atoms with E-state index in [1.54, 1.807) is 0 Å². The molecular formula is C19H21ClN2O4. The van der Waals surface area contributed by atoms with E-state index in [1.807, 2.05) is 31.2 Å². The summed E-state index contributed by atoms with van der Waals surface area (Å²) in [5.41, 5.74) is 7.76. The van der Waals surface area contributed by atoms with Crippen molar-refractivity contribution in [2.45, 2.75) is 13.3 Å². The second kappa shape index (κ2) is 9.10. The number of hydrogen-bond acceptors (Lipinski definition) is 4. The van der Waals surface area contributed by atoms with Crippen LogP contribution in [0, 0.1) is 6.92 Å². The van der Waals surface area contributed by atoms with Crippen molar-refractivity contribution in [1.29, 1.82) is 0 Å². The van der Waals surface area contributed by atoms with Crippen LogP contribution < -0.4 is 20.5 Å². The van der Waals surface area contributed by atoms with Crippen molar-refractivity contribution in [3.05, 3.63) is 58.1 Å². The summed E-state index contributed by atoms with van der Waals surface area (Å²) in [4.78, 5) is 23.2. The Morgan fingerprint density at radius 2 is 1.96 bits per heavy atom. The first-order valence-electron chi connectivity index (χ1n) is 8.03. The highest BCUT2D eigenvalue weighted by molar-refractivity contribution is 6.32. The van der Waals surface area contributed by atoms with Gasteiger partial charge < -0.3 is 20.5 Å². The van der Waals surface area contributed by atoms with Crippen molar-refractivity contribution < 1.29 is 19.1 Å². The van der Waals surface area contributed by atoms with E-state index < -0.39 is 5.91 Å². The molecule has 6 nitrogen and oxygen atoms in total. The lowest BCUT2D eigenvalue weighted by Crippen LogP contribution is -2.26. The Balaban J connectivity index is 2.05. The van der Waals surface area contributed by atoms with Gasteiger partial charge in [-0.05, 0) is 36.6 Å². The van der Waals surface area contributed by atoms with E-state index in [0.717, 1.165) is 6.42 Å². The lowest BCUT2D eigenvalue weighted by atomic mass is 10.1. The van der Waals surface area contributed by atoms with Crippen LogP contribution in [0.15, 0.2) is 36.4 Å². The molecule has 0 saturated heterocycles. The number of nitrogens with one attached hydrogen (secondary N) is 1. The molecule has 2 aromatic carbocycles. The number of carbonyl (C=O) groups excluding carboxylic acids is 2. The number of nitrogens with two attached hydrogens (primary N) is 1. The topological polar surface area (TPSA) is 90.7 Å². The lowest BCUT2D eigenvalue weighted by molar-refractivity contribution is -0.119. The molecule has 0 aliphatic rings. The Hall–Kier alpha value is -2.73. The van der Waals surface area contributed by atoms with Gasteiger partial charge in [-0.15, -0.1) is 0 Å². The molecule has 3 N–H and O–H groups in total. The molecule has 138 valence electrons. The van der Waals surface area contributed by atoms with Crippen molar-refractivity contribution in [2.75, 3.05) is 20.3 Å². The summed E-state index contributed by atoms with van der Waals surface area (Å²) < 4.78 is 10.4. The first-order chi connectivity index (χ1) is 12.4. The average Bonchev–Trinajstić information content (AvgIpc) is 2.61. The smallest absolute Gasteiger partial charge is 0.255 e. The molecule has 0 fully saturated rings.